The summed E-state index contributed by atoms with van der Waals surface area (Å²) in [5, 5.41) is 3.89. The van der Waals surface area contributed by atoms with Crippen LogP contribution in [0.1, 0.15) is 26.3 Å². The number of amides is 2. The van der Waals surface area contributed by atoms with Gasteiger partial charge in [0.05, 0.1) is 10.6 Å². The number of nitrogens with zero attached hydrogens (tertiary/aromatic N) is 2. The molecule has 1 N–H and O–H groups in total. The summed E-state index contributed by atoms with van der Waals surface area (Å²) >= 11 is 18.8. The summed E-state index contributed by atoms with van der Waals surface area (Å²) in [6, 6.07) is 17.9. The summed E-state index contributed by atoms with van der Waals surface area (Å²) in [5.74, 6) is -0.809. The van der Waals surface area contributed by atoms with Gasteiger partial charge in [-0.1, -0.05) is 72.9 Å². The molecule has 3 aromatic carbocycles. The summed E-state index contributed by atoms with van der Waals surface area (Å²) in [6.45, 7) is 5.22. The zero-order valence-electron chi connectivity index (χ0n) is 21.8. The van der Waals surface area contributed by atoms with E-state index < -0.39 is 28.5 Å². The first-order chi connectivity index (χ1) is 18.4. The minimum atomic E-state index is -4.16. The molecule has 0 fully saturated rings. The van der Waals surface area contributed by atoms with Gasteiger partial charge < -0.3 is 10.2 Å². The largest absolute Gasteiger partial charge is 0.354 e. The monoisotopic (exact) mass is 609 g/mol. The molecule has 0 heterocycles. The average Bonchev–Trinajstić information content (AvgIpc) is 2.90. The first-order valence-electron chi connectivity index (χ1n) is 12.2. The van der Waals surface area contributed by atoms with E-state index in [4.69, 9.17) is 34.8 Å². The molecule has 11 heteroatoms. The Kier molecular flexibility index (Phi) is 10.7. The van der Waals surface area contributed by atoms with Crippen LogP contribution in [0, 0.1) is 5.92 Å². The summed E-state index contributed by atoms with van der Waals surface area (Å²) in [6.07, 6.45) is 0. The van der Waals surface area contributed by atoms with Crippen LogP contribution in [-0.2, 0) is 26.2 Å². The quantitative estimate of drug-likeness (QED) is 0.287. The van der Waals surface area contributed by atoms with Crippen molar-refractivity contribution in [3.63, 3.8) is 0 Å². The van der Waals surface area contributed by atoms with E-state index in [0.717, 1.165) is 4.31 Å². The Morgan fingerprint density at radius 2 is 1.44 bits per heavy atom. The van der Waals surface area contributed by atoms with Gasteiger partial charge in [-0.3, -0.25) is 13.9 Å². The Morgan fingerprint density at radius 1 is 0.846 bits per heavy atom. The van der Waals surface area contributed by atoms with Gasteiger partial charge in [0.1, 0.15) is 12.6 Å². The normalized spacial score (nSPS) is 12.2. The number of anilines is 1. The number of hydrogen-bond acceptors (Lipinski definition) is 4. The molecule has 39 heavy (non-hydrogen) atoms. The first kappa shape index (κ1) is 30.8. The Labute approximate surface area is 244 Å². The number of halogens is 3. The lowest BCUT2D eigenvalue weighted by Gasteiger charge is -2.32. The van der Waals surface area contributed by atoms with Crippen LogP contribution in [0.25, 0.3) is 0 Å². The fourth-order valence-corrected chi connectivity index (χ4v) is 5.82. The molecular weight excluding hydrogens is 581 g/mol. The Balaban J connectivity index is 2.03. The summed E-state index contributed by atoms with van der Waals surface area (Å²) < 4.78 is 28.4. The highest BCUT2D eigenvalue weighted by Gasteiger charge is 2.33. The molecule has 3 aromatic rings. The highest BCUT2D eigenvalue weighted by molar-refractivity contribution is 7.92. The lowest BCUT2D eigenvalue weighted by molar-refractivity contribution is -0.139. The van der Waals surface area contributed by atoms with E-state index in [1.807, 2.05) is 13.8 Å². The number of nitrogens with one attached hydrogen (secondary N) is 1. The van der Waals surface area contributed by atoms with Crippen molar-refractivity contribution in [1.29, 1.82) is 0 Å². The molecule has 0 aliphatic carbocycles. The van der Waals surface area contributed by atoms with Crippen LogP contribution < -0.4 is 9.62 Å². The maximum absolute atomic E-state index is 13.9. The molecule has 0 saturated heterocycles. The Morgan fingerprint density at radius 3 is 2.00 bits per heavy atom. The molecule has 0 bridgehead atoms. The SMILES string of the molecule is CC(C)CNC(=O)[C@H](C)N(Cc1c(Cl)cccc1Cl)C(=O)CN(c1ccc(Cl)cc1)S(=O)(=O)c1ccccc1. The van der Waals surface area contributed by atoms with Crippen molar-refractivity contribution in [2.24, 2.45) is 5.92 Å². The number of hydrogen-bond donors (Lipinski definition) is 1. The van der Waals surface area contributed by atoms with E-state index in [2.05, 4.69) is 5.32 Å². The molecule has 3 rings (SSSR count). The minimum absolute atomic E-state index is 0.0103. The zero-order valence-corrected chi connectivity index (χ0v) is 24.9. The lowest BCUT2D eigenvalue weighted by atomic mass is 10.1. The molecule has 0 unspecified atom stereocenters. The van der Waals surface area contributed by atoms with Gasteiger partial charge in [0.2, 0.25) is 11.8 Å². The summed E-state index contributed by atoms with van der Waals surface area (Å²) in [4.78, 5) is 28.3. The van der Waals surface area contributed by atoms with Gasteiger partial charge in [-0.2, -0.15) is 0 Å². The van der Waals surface area contributed by atoms with Crippen LogP contribution in [0.5, 0.6) is 0 Å². The molecule has 0 saturated carbocycles. The molecular formula is C28H30Cl3N3O4S. The highest BCUT2D eigenvalue weighted by Crippen LogP contribution is 2.28. The second kappa shape index (κ2) is 13.5. The number of carbonyl (C=O) groups excluding carboxylic acids is 2. The third kappa shape index (κ3) is 7.88. The van der Waals surface area contributed by atoms with E-state index in [9.17, 15) is 18.0 Å². The lowest BCUT2D eigenvalue weighted by Crippen LogP contribution is -2.51. The molecule has 0 aliphatic rings. The Hall–Kier alpha value is -2.78. The van der Waals surface area contributed by atoms with Crippen LogP contribution in [0.2, 0.25) is 15.1 Å². The fraction of sp³-hybridized carbons (Fsp3) is 0.286. The van der Waals surface area contributed by atoms with E-state index >= 15 is 0 Å². The maximum Gasteiger partial charge on any atom is 0.264 e. The third-order valence-electron chi connectivity index (χ3n) is 5.97. The van der Waals surface area contributed by atoms with Crippen molar-refractivity contribution in [1.82, 2.24) is 10.2 Å². The van der Waals surface area contributed by atoms with Crippen LogP contribution in [0.3, 0.4) is 0 Å². The van der Waals surface area contributed by atoms with Gasteiger partial charge in [-0.05, 0) is 61.4 Å². The van der Waals surface area contributed by atoms with Crippen molar-refractivity contribution >= 4 is 62.3 Å². The van der Waals surface area contributed by atoms with Gasteiger partial charge >= 0.3 is 0 Å². The van der Waals surface area contributed by atoms with Crippen molar-refractivity contribution in [2.75, 3.05) is 17.4 Å². The predicted molar refractivity (Wildman–Crippen MR) is 157 cm³/mol. The fourth-order valence-electron chi connectivity index (χ4n) is 3.74. The molecule has 7 nitrogen and oxygen atoms in total. The molecule has 0 radical (unpaired) electrons. The van der Waals surface area contributed by atoms with Crippen molar-refractivity contribution < 1.29 is 18.0 Å². The van der Waals surface area contributed by atoms with Gasteiger partial charge in [0, 0.05) is 33.7 Å². The van der Waals surface area contributed by atoms with E-state index in [1.165, 1.54) is 41.3 Å². The maximum atomic E-state index is 13.9. The molecule has 0 aromatic heterocycles. The number of carbonyl (C=O) groups is 2. The van der Waals surface area contributed by atoms with Crippen LogP contribution in [0.15, 0.2) is 77.7 Å². The smallest absolute Gasteiger partial charge is 0.264 e. The number of sulfonamides is 1. The summed E-state index contributed by atoms with van der Waals surface area (Å²) in [5.41, 5.74) is 0.686. The second-order valence-electron chi connectivity index (χ2n) is 9.34. The van der Waals surface area contributed by atoms with Gasteiger partial charge in [-0.15, -0.1) is 0 Å². The number of rotatable bonds is 11. The Bertz CT molecular complexity index is 1380. The van der Waals surface area contributed by atoms with Crippen LogP contribution in [0.4, 0.5) is 5.69 Å². The third-order valence-corrected chi connectivity index (χ3v) is 8.71. The minimum Gasteiger partial charge on any atom is -0.354 e. The van der Waals surface area contributed by atoms with Gasteiger partial charge in [0.15, 0.2) is 0 Å². The molecule has 208 valence electrons. The van der Waals surface area contributed by atoms with Gasteiger partial charge in [0.25, 0.3) is 10.0 Å². The van der Waals surface area contributed by atoms with Crippen LogP contribution in [-0.4, -0.2) is 44.3 Å². The summed E-state index contributed by atoms with van der Waals surface area (Å²) in [7, 11) is -4.16. The molecule has 0 spiro atoms. The van der Waals surface area contributed by atoms with Gasteiger partial charge in [-0.25, -0.2) is 8.42 Å². The zero-order chi connectivity index (χ0) is 28.7. The highest BCUT2D eigenvalue weighted by atomic mass is 35.5. The van der Waals surface area contributed by atoms with E-state index in [1.54, 1.807) is 43.3 Å². The van der Waals surface area contributed by atoms with Crippen molar-refractivity contribution in [3.8, 4) is 0 Å². The first-order valence-corrected chi connectivity index (χ1v) is 14.8. The van der Waals surface area contributed by atoms with Crippen LogP contribution >= 0.6 is 34.8 Å². The van der Waals surface area contributed by atoms with E-state index in [-0.39, 0.29) is 29.0 Å². The van der Waals surface area contributed by atoms with Crippen molar-refractivity contribution in [2.45, 2.75) is 38.3 Å². The molecule has 2 amide bonds. The second-order valence-corrected chi connectivity index (χ2v) is 12.5. The molecule has 1 atom stereocenters. The average molecular weight is 611 g/mol. The van der Waals surface area contributed by atoms with E-state index in [0.29, 0.717) is 27.2 Å². The molecule has 0 aliphatic heterocycles. The predicted octanol–water partition coefficient (Wildman–Crippen LogP) is 6.03. The standard InChI is InChI=1S/C28H30Cl3N3O4S/c1-19(2)16-32-28(36)20(3)33(17-24-25(30)10-7-11-26(24)31)27(35)18-34(22-14-12-21(29)13-15-22)39(37,38)23-8-5-4-6-9-23/h4-15,19-20H,16-18H2,1-3H3,(H,32,36)/t20-/m0/s1. The van der Waals surface area contributed by atoms with Crippen molar-refractivity contribution in [3.05, 3.63) is 93.4 Å². The topological polar surface area (TPSA) is 86.8 Å². The number of benzene rings is 3.